The Morgan fingerprint density at radius 3 is 3.24 bits per heavy atom. The summed E-state index contributed by atoms with van der Waals surface area (Å²) in [7, 11) is 0. The molecule has 0 aliphatic carbocycles. The monoisotopic (exact) mass is 252 g/mol. The smallest absolute Gasteiger partial charge is 0.275 e. The van der Waals surface area contributed by atoms with E-state index in [4.69, 9.17) is 0 Å². The third kappa shape index (κ3) is 2.08. The summed E-state index contributed by atoms with van der Waals surface area (Å²) in [5, 5.41) is 13.3. The number of hydrogen-bond acceptors (Lipinski definition) is 6. The predicted octanol–water partition coefficient (Wildman–Crippen LogP) is -0.282. The highest BCUT2D eigenvalue weighted by atomic mass is 32.1. The Morgan fingerprint density at radius 2 is 2.47 bits per heavy atom. The molecule has 1 atom stereocenters. The Bertz CT molecular complexity index is 593. The van der Waals surface area contributed by atoms with Crippen LogP contribution in [0.4, 0.5) is 0 Å². The molecule has 0 radical (unpaired) electrons. The molecule has 6 nitrogen and oxygen atoms in total. The van der Waals surface area contributed by atoms with Gasteiger partial charge in [-0.05, 0) is 6.42 Å². The lowest BCUT2D eigenvalue weighted by atomic mass is 10.3. The molecule has 0 saturated carbocycles. The van der Waals surface area contributed by atoms with Crippen molar-refractivity contribution in [1.29, 1.82) is 0 Å². The topological polar surface area (TPSA) is 70.7 Å². The second-order valence-electron chi connectivity index (χ2n) is 4.20. The van der Waals surface area contributed by atoms with Gasteiger partial charge in [-0.25, -0.2) is 4.98 Å². The summed E-state index contributed by atoms with van der Waals surface area (Å²) in [5.74, 6) is 0. The molecular weight excluding hydrogens is 240 g/mol. The van der Waals surface area contributed by atoms with Crippen molar-refractivity contribution in [2.24, 2.45) is 0 Å². The third-order valence-electron chi connectivity index (χ3n) is 2.87. The Balaban J connectivity index is 1.88. The van der Waals surface area contributed by atoms with E-state index in [1.807, 2.05) is 0 Å². The van der Waals surface area contributed by atoms with Gasteiger partial charge < -0.3 is 5.11 Å². The maximum atomic E-state index is 11.7. The SMILES string of the molecule is O=c1cc(CN2CC[C@@H](O)C2)nc2scnn12. The lowest BCUT2D eigenvalue weighted by molar-refractivity contribution is 0.174. The number of likely N-dealkylation sites (tertiary alicyclic amines) is 1. The Kier molecular flexibility index (Phi) is 2.65. The lowest BCUT2D eigenvalue weighted by Crippen LogP contribution is -2.24. The normalized spacial score (nSPS) is 21.4. The van der Waals surface area contributed by atoms with E-state index in [9.17, 15) is 9.90 Å². The number of aliphatic hydroxyl groups excluding tert-OH is 1. The Labute approximate surface area is 101 Å². The van der Waals surface area contributed by atoms with Crippen LogP contribution in [0.5, 0.6) is 0 Å². The van der Waals surface area contributed by atoms with Gasteiger partial charge >= 0.3 is 0 Å². The number of aliphatic hydroxyl groups is 1. The molecule has 0 aromatic carbocycles. The molecule has 0 unspecified atom stereocenters. The van der Waals surface area contributed by atoms with Crippen molar-refractivity contribution in [3.63, 3.8) is 0 Å². The molecule has 0 bridgehead atoms. The molecule has 90 valence electrons. The minimum atomic E-state index is -0.247. The molecule has 2 aromatic rings. The van der Waals surface area contributed by atoms with Crippen LogP contribution in [0.15, 0.2) is 16.4 Å². The van der Waals surface area contributed by atoms with Crippen LogP contribution < -0.4 is 5.56 Å². The first-order chi connectivity index (χ1) is 8.22. The van der Waals surface area contributed by atoms with Gasteiger partial charge in [-0.2, -0.15) is 9.61 Å². The number of nitrogens with zero attached hydrogens (tertiary/aromatic N) is 4. The van der Waals surface area contributed by atoms with E-state index in [-0.39, 0.29) is 11.7 Å². The van der Waals surface area contributed by atoms with Crippen LogP contribution in [-0.4, -0.2) is 43.8 Å². The van der Waals surface area contributed by atoms with E-state index >= 15 is 0 Å². The van der Waals surface area contributed by atoms with Crippen LogP contribution in [0.1, 0.15) is 12.1 Å². The predicted molar refractivity (Wildman–Crippen MR) is 63.0 cm³/mol. The van der Waals surface area contributed by atoms with Crippen molar-refractivity contribution in [3.8, 4) is 0 Å². The van der Waals surface area contributed by atoms with Crippen molar-refractivity contribution >= 4 is 16.3 Å². The Morgan fingerprint density at radius 1 is 1.59 bits per heavy atom. The quantitative estimate of drug-likeness (QED) is 0.796. The number of aromatic nitrogens is 3. The van der Waals surface area contributed by atoms with Gasteiger partial charge in [0.2, 0.25) is 4.96 Å². The fourth-order valence-corrected chi connectivity index (χ4v) is 2.71. The molecule has 1 N–H and O–H groups in total. The first-order valence-electron chi connectivity index (χ1n) is 5.45. The summed E-state index contributed by atoms with van der Waals surface area (Å²) >= 11 is 1.35. The molecule has 1 aliphatic heterocycles. The van der Waals surface area contributed by atoms with Gasteiger partial charge in [0.05, 0.1) is 11.8 Å². The first-order valence-corrected chi connectivity index (χ1v) is 6.33. The van der Waals surface area contributed by atoms with Crippen molar-refractivity contribution in [3.05, 3.63) is 27.6 Å². The number of hydrogen-bond donors (Lipinski definition) is 1. The van der Waals surface area contributed by atoms with Gasteiger partial charge in [0.1, 0.15) is 5.51 Å². The summed E-state index contributed by atoms with van der Waals surface area (Å²) in [5.41, 5.74) is 2.20. The van der Waals surface area contributed by atoms with E-state index in [2.05, 4.69) is 15.0 Å². The maximum Gasteiger partial charge on any atom is 0.275 e. The highest BCUT2D eigenvalue weighted by Crippen LogP contribution is 2.12. The van der Waals surface area contributed by atoms with Crippen molar-refractivity contribution in [1.82, 2.24) is 19.5 Å². The van der Waals surface area contributed by atoms with Crippen LogP contribution in [0.3, 0.4) is 0 Å². The highest BCUT2D eigenvalue weighted by molar-refractivity contribution is 7.14. The lowest BCUT2D eigenvalue weighted by Gasteiger charge is -2.13. The molecule has 1 aliphatic rings. The van der Waals surface area contributed by atoms with Crippen molar-refractivity contribution in [2.45, 2.75) is 19.1 Å². The second kappa shape index (κ2) is 4.17. The molecule has 0 amide bonds. The van der Waals surface area contributed by atoms with Crippen LogP contribution >= 0.6 is 11.3 Å². The first kappa shape index (κ1) is 10.8. The van der Waals surface area contributed by atoms with Gasteiger partial charge in [-0.1, -0.05) is 11.3 Å². The highest BCUT2D eigenvalue weighted by Gasteiger charge is 2.20. The van der Waals surface area contributed by atoms with Gasteiger partial charge in [0.25, 0.3) is 5.56 Å². The zero-order valence-electron chi connectivity index (χ0n) is 9.11. The molecule has 1 fully saturated rings. The van der Waals surface area contributed by atoms with Crippen molar-refractivity contribution in [2.75, 3.05) is 13.1 Å². The minimum Gasteiger partial charge on any atom is -0.392 e. The maximum absolute atomic E-state index is 11.7. The number of rotatable bonds is 2. The van der Waals surface area contributed by atoms with Gasteiger partial charge in [0, 0.05) is 25.7 Å². The van der Waals surface area contributed by atoms with Gasteiger partial charge in [-0.15, -0.1) is 0 Å². The number of β-amino-alcohol motifs (C(OH)–C–C–N with tert-alkyl or cyclic N) is 1. The van der Waals surface area contributed by atoms with Crippen LogP contribution in [0, 0.1) is 0 Å². The summed E-state index contributed by atoms with van der Waals surface area (Å²) < 4.78 is 1.30. The van der Waals surface area contributed by atoms with Gasteiger partial charge in [-0.3, -0.25) is 9.69 Å². The minimum absolute atomic E-state index is 0.147. The standard InChI is InChI=1S/C10H12N4O2S/c15-8-1-2-13(5-8)4-7-3-9(16)14-10(12-7)17-6-11-14/h3,6,8,15H,1-2,4-5H2/t8-/m1/s1. The third-order valence-corrected chi connectivity index (χ3v) is 3.55. The van der Waals surface area contributed by atoms with E-state index in [0.29, 0.717) is 18.1 Å². The Hall–Kier alpha value is -1.31. The zero-order valence-corrected chi connectivity index (χ0v) is 9.93. The van der Waals surface area contributed by atoms with E-state index < -0.39 is 0 Å². The molecule has 2 aromatic heterocycles. The summed E-state index contributed by atoms with van der Waals surface area (Å²) in [4.78, 5) is 18.8. The fraction of sp³-hybridized carbons (Fsp3) is 0.500. The van der Waals surface area contributed by atoms with Gasteiger partial charge in [0.15, 0.2) is 0 Å². The summed E-state index contributed by atoms with van der Waals surface area (Å²) in [6.45, 7) is 2.12. The van der Waals surface area contributed by atoms with Crippen LogP contribution in [-0.2, 0) is 6.54 Å². The average Bonchev–Trinajstić information content (AvgIpc) is 2.87. The van der Waals surface area contributed by atoms with Crippen molar-refractivity contribution < 1.29 is 5.11 Å². The van der Waals surface area contributed by atoms with Crippen LogP contribution in [0.25, 0.3) is 4.96 Å². The molecule has 3 heterocycles. The molecule has 3 rings (SSSR count). The number of fused-ring (bicyclic) bond motifs is 1. The molecule has 1 saturated heterocycles. The molecule has 7 heteroatoms. The molecule has 0 spiro atoms. The molecular formula is C10H12N4O2S. The zero-order chi connectivity index (χ0) is 11.8. The molecule has 17 heavy (non-hydrogen) atoms. The van der Waals surface area contributed by atoms with E-state index in [1.54, 1.807) is 5.51 Å². The van der Waals surface area contributed by atoms with Crippen LogP contribution in [0.2, 0.25) is 0 Å². The largest absolute Gasteiger partial charge is 0.392 e. The fourth-order valence-electron chi connectivity index (χ4n) is 2.07. The van der Waals surface area contributed by atoms with E-state index in [0.717, 1.165) is 18.7 Å². The average molecular weight is 252 g/mol. The second-order valence-corrected chi connectivity index (χ2v) is 5.01. The summed E-state index contributed by atoms with van der Waals surface area (Å²) in [6.07, 6.45) is 0.546. The summed E-state index contributed by atoms with van der Waals surface area (Å²) in [6, 6.07) is 1.51. The van der Waals surface area contributed by atoms with E-state index in [1.165, 1.54) is 21.9 Å².